The van der Waals surface area contributed by atoms with E-state index in [9.17, 15) is 9.59 Å². The standard InChI is InChI=1S/C12H26N4O2/c1-7-9(14(3)4)16(12(18)11(13)17)10(8-2)15(5)6/h9-10H,7-8H2,1-6H3,(H2,13,17). The van der Waals surface area contributed by atoms with E-state index in [2.05, 4.69) is 0 Å². The highest BCUT2D eigenvalue weighted by Crippen LogP contribution is 2.16. The maximum absolute atomic E-state index is 12.1. The van der Waals surface area contributed by atoms with Gasteiger partial charge in [0.15, 0.2) is 0 Å². The van der Waals surface area contributed by atoms with Gasteiger partial charge in [0.25, 0.3) is 0 Å². The molecule has 0 saturated heterocycles. The van der Waals surface area contributed by atoms with Gasteiger partial charge in [0.1, 0.15) is 0 Å². The molecule has 0 spiro atoms. The second-order valence-electron chi connectivity index (χ2n) is 4.78. The van der Waals surface area contributed by atoms with Crippen LogP contribution < -0.4 is 5.73 Å². The third kappa shape index (κ3) is 3.96. The number of nitrogens with two attached hydrogens (primary N) is 1. The molecule has 0 aliphatic rings. The van der Waals surface area contributed by atoms with Crippen molar-refractivity contribution in [2.75, 3.05) is 28.2 Å². The van der Waals surface area contributed by atoms with Crippen molar-refractivity contribution in [3.05, 3.63) is 0 Å². The monoisotopic (exact) mass is 258 g/mol. The van der Waals surface area contributed by atoms with Crippen LogP contribution in [0.4, 0.5) is 0 Å². The molecule has 0 bridgehead atoms. The first kappa shape index (κ1) is 16.9. The van der Waals surface area contributed by atoms with Gasteiger partial charge in [-0.2, -0.15) is 0 Å². The fourth-order valence-electron chi connectivity index (χ4n) is 2.22. The van der Waals surface area contributed by atoms with Gasteiger partial charge in [0.2, 0.25) is 0 Å². The zero-order valence-electron chi connectivity index (χ0n) is 12.3. The van der Waals surface area contributed by atoms with Crippen LogP contribution in [0.5, 0.6) is 0 Å². The zero-order chi connectivity index (χ0) is 14.5. The summed E-state index contributed by atoms with van der Waals surface area (Å²) in [5, 5.41) is 0. The number of hydrogen-bond acceptors (Lipinski definition) is 4. The number of amides is 2. The highest BCUT2D eigenvalue weighted by Gasteiger charge is 2.33. The minimum absolute atomic E-state index is 0.141. The van der Waals surface area contributed by atoms with Crippen molar-refractivity contribution in [3.63, 3.8) is 0 Å². The molecule has 6 heteroatoms. The van der Waals surface area contributed by atoms with E-state index in [-0.39, 0.29) is 12.3 Å². The van der Waals surface area contributed by atoms with Crippen LogP contribution in [0.3, 0.4) is 0 Å². The molecule has 18 heavy (non-hydrogen) atoms. The van der Waals surface area contributed by atoms with Gasteiger partial charge >= 0.3 is 11.8 Å². The summed E-state index contributed by atoms with van der Waals surface area (Å²) in [5.74, 6) is -1.54. The Balaban J connectivity index is 5.39. The maximum Gasteiger partial charge on any atom is 0.314 e. The smallest absolute Gasteiger partial charge is 0.314 e. The van der Waals surface area contributed by atoms with Gasteiger partial charge in [-0.3, -0.25) is 19.4 Å². The first-order valence-corrected chi connectivity index (χ1v) is 6.22. The van der Waals surface area contributed by atoms with Crippen LogP contribution >= 0.6 is 0 Å². The molecule has 106 valence electrons. The van der Waals surface area contributed by atoms with Crippen molar-refractivity contribution in [1.29, 1.82) is 0 Å². The highest BCUT2D eigenvalue weighted by atomic mass is 16.2. The van der Waals surface area contributed by atoms with E-state index in [0.717, 1.165) is 12.8 Å². The minimum atomic E-state index is -0.907. The molecule has 0 aliphatic heterocycles. The SMILES string of the molecule is CCC(N(C)C)N(C(=O)C(N)=O)C(CC)N(C)C. The summed E-state index contributed by atoms with van der Waals surface area (Å²) in [7, 11) is 7.55. The Kier molecular flexibility index (Phi) is 6.86. The quantitative estimate of drug-likeness (QED) is 0.533. The Morgan fingerprint density at radius 1 is 0.944 bits per heavy atom. The lowest BCUT2D eigenvalue weighted by atomic mass is 10.2. The van der Waals surface area contributed by atoms with Crippen LogP contribution in [-0.4, -0.2) is 67.0 Å². The number of carbonyl (C=O) groups excluding carboxylic acids is 2. The lowest BCUT2D eigenvalue weighted by Gasteiger charge is -2.42. The van der Waals surface area contributed by atoms with Crippen molar-refractivity contribution in [3.8, 4) is 0 Å². The third-order valence-electron chi connectivity index (χ3n) is 3.01. The summed E-state index contributed by atoms with van der Waals surface area (Å²) >= 11 is 0. The Hall–Kier alpha value is -1.14. The van der Waals surface area contributed by atoms with Crippen LogP contribution in [0.25, 0.3) is 0 Å². The third-order valence-corrected chi connectivity index (χ3v) is 3.01. The summed E-state index contributed by atoms with van der Waals surface area (Å²) in [5.41, 5.74) is 5.15. The van der Waals surface area contributed by atoms with E-state index < -0.39 is 11.8 Å². The lowest BCUT2D eigenvalue weighted by Crippen LogP contribution is -2.59. The fourth-order valence-corrected chi connectivity index (χ4v) is 2.22. The Bertz CT molecular complexity index is 276. The number of primary amides is 1. The van der Waals surface area contributed by atoms with Gasteiger partial charge in [0.05, 0.1) is 12.3 Å². The second-order valence-corrected chi connectivity index (χ2v) is 4.78. The van der Waals surface area contributed by atoms with Crippen LogP contribution in [-0.2, 0) is 9.59 Å². The molecule has 0 aromatic carbocycles. The Morgan fingerprint density at radius 3 is 1.44 bits per heavy atom. The van der Waals surface area contributed by atoms with Crippen molar-refractivity contribution < 1.29 is 9.59 Å². The van der Waals surface area contributed by atoms with Crippen molar-refractivity contribution in [2.24, 2.45) is 5.73 Å². The van der Waals surface area contributed by atoms with Gasteiger partial charge in [-0.25, -0.2) is 0 Å². The predicted octanol–water partition coefficient (Wildman–Crippen LogP) is -0.104. The number of rotatable bonds is 6. The van der Waals surface area contributed by atoms with Crippen molar-refractivity contribution in [1.82, 2.24) is 14.7 Å². The van der Waals surface area contributed by atoms with E-state index in [1.807, 2.05) is 51.8 Å². The molecule has 0 rings (SSSR count). The molecule has 0 radical (unpaired) electrons. The average molecular weight is 258 g/mol. The molecule has 2 N–H and O–H groups in total. The molecular weight excluding hydrogens is 232 g/mol. The van der Waals surface area contributed by atoms with Gasteiger partial charge < -0.3 is 10.6 Å². The van der Waals surface area contributed by atoms with E-state index >= 15 is 0 Å². The second kappa shape index (κ2) is 7.33. The molecule has 2 amide bonds. The van der Waals surface area contributed by atoms with E-state index in [0.29, 0.717) is 0 Å². The first-order valence-electron chi connectivity index (χ1n) is 6.22. The molecule has 0 aromatic heterocycles. The van der Waals surface area contributed by atoms with Crippen molar-refractivity contribution in [2.45, 2.75) is 39.0 Å². The van der Waals surface area contributed by atoms with E-state index in [1.54, 1.807) is 4.90 Å². The highest BCUT2D eigenvalue weighted by molar-refractivity contribution is 6.34. The molecule has 6 nitrogen and oxygen atoms in total. The molecule has 2 atom stereocenters. The fraction of sp³-hybridized carbons (Fsp3) is 0.833. The molecule has 0 aromatic rings. The van der Waals surface area contributed by atoms with Crippen LogP contribution in [0.15, 0.2) is 0 Å². The van der Waals surface area contributed by atoms with Gasteiger partial charge in [-0.05, 0) is 41.0 Å². The van der Waals surface area contributed by atoms with Crippen LogP contribution in [0.2, 0.25) is 0 Å². The van der Waals surface area contributed by atoms with Gasteiger partial charge in [0, 0.05) is 0 Å². The van der Waals surface area contributed by atoms with Crippen LogP contribution in [0, 0.1) is 0 Å². The van der Waals surface area contributed by atoms with Crippen LogP contribution in [0.1, 0.15) is 26.7 Å². The van der Waals surface area contributed by atoms with E-state index in [1.165, 1.54) is 0 Å². The molecule has 0 aliphatic carbocycles. The number of hydrogen-bond donors (Lipinski definition) is 1. The van der Waals surface area contributed by atoms with Gasteiger partial charge in [-0.1, -0.05) is 13.8 Å². The molecule has 2 unspecified atom stereocenters. The molecule has 0 heterocycles. The molecular formula is C12H26N4O2. The number of carbonyl (C=O) groups is 2. The summed E-state index contributed by atoms with van der Waals surface area (Å²) in [6.07, 6.45) is 1.18. The normalized spacial score (nSPS) is 14.7. The Labute approximate surface area is 110 Å². The largest absolute Gasteiger partial charge is 0.361 e. The average Bonchev–Trinajstić information content (AvgIpc) is 2.26. The number of nitrogens with zero attached hydrogens (tertiary/aromatic N) is 3. The maximum atomic E-state index is 12.1. The lowest BCUT2D eigenvalue weighted by molar-refractivity contribution is -0.154. The topological polar surface area (TPSA) is 69.9 Å². The van der Waals surface area contributed by atoms with Gasteiger partial charge in [-0.15, -0.1) is 0 Å². The zero-order valence-corrected chi connectivity index (χ0v) is 12.3. The summed E-state index contributed by atoms with van der Waals surface area (Å²) < 4.78 is 0. The van der Waals surface area contributed by atoms with E-state index in [4.69, 9.17) is 5.73 Å². The summed E-state index contributed by atoms with van der Waals surface area (Å²) in [4.78, 5) is 28.7. The minimum Gasteiger partial charge on any atom is -0.361 e. The van der Waals surface area contributed by atoms with Crippen molar-refractivity contribution >= 4 is 11.8 Å². The summed E-state index contributed by atoms with van der Waals surface area (Å²) in [6, 6.07) is 0. The first-order chi connectivity index (χ1) is 8.27. The predicted molar refractivity (Wildman–Crippen MR) is 71.6 cm³/mol. The Morgan fingerprint density at radius 2 is 1.28 bits per heavy atom. The molecule has 0 saturated carbocycles. The molecule has 0 fully saturated rings. The summed E-state index contributed by atoms with van der Waals surface area (Å²) in [6.45, 7) is 3.96.